The Morgan fingerprint density at radius 3 is 2.80 bits per heavy atom. The van der Waals surface area contributed by atoms with E-state index in [2.05, 4.69) is 57.6 Å². The average Bonchev–Trinajstić information content (AvgIpc) is 2.81. The largest absolute Gasteiger partial charge is 0.369 e. The number of hydrogen-bond donors (Lipinski definition) is 1. The Bertz CT molecular complexity index is 571. The van der Waals surface area contributed by atoms with Crippen molar-refractivity contribution in [3.05, 3.63) is 49.6 Å². The van der Waals surface area contributed by atoms with E-state index >= 15 is 0 Å². The first kappa shape index (κ1) is 15.8. The monoisotopic (exact) mass is 372 g/mol. The molecule has 0 saturated carbocycles. The van der Waals surface area contributed by atoms with Gasteiger partial charge < -0.3 is 10.2 Å². The molecule has 5 heteroatoms. The number of benzene rings is 1. The van der Waals surface area contributed by atoms with Crippen LogP contribution >= 0.6 is 38.9 Å². The molecule has 0 aliphatic heterocycles. The molecule has 20 heavy (non-hydrogen) atoms. The molecule has 0 spiro atoms. The summed E-state index contributed by atoms with van der Waals surface area (Å²) in [5.74, 6) is 0. The second-order valence-electron chi connectivity index (χ2n) is 4.64. The van der Waals surface area contributed by atoms with E-state index in [1.165, 1.54) is 16.1 Å². The first-order valence-electron chi connectivity index (χ1n) is 6.53. The average molecular weight is 374 g/mol. The van der Waals surface area contributed by atoms with Gasteiger partial charge in [0, 0.05) is 39.0 Å². The van der Waals surface area contributed by atoms with E-state index in [-0.39, 0.29) is 0 Å². The lowest BCUT2D eigenvalue weighted by molar-refractivity contribution is 0.723. The molecule has 1 N–H and O–H groups in total. The zero-order valence-corrected chi connectivity index (χ0v) is 14.8. The highest BCUT2D eigenvalue weighted by molar-refractivity contribution is 9.10. The maximum absolute atomic E-state index is 6.11. The van der Waals surface area contributed by atoms with Crippen molar-refractivity contribution in [1.82, 2.24) is 5.32 Å². The molecule has 0 atom stereocenters. The van der Waals surface area contributed by atoms with E-state index in [0.717, 1.165) is 29.1 Å². The Morgan fingerprint density at radius 2 is 2.15 bits per heavy atom. The maximum atomic E-state index is 6.11. The van der Waals surface area contributed by atoms with Gasteiger partial charge in [0.25, 0.3) is 0 Å². The number of nitrogens with zero attached hydrogens (tertiary/aromatic N) is 1. The molecule has 0 amide bonds. The van der Waals surface area contributed by atoms with Crippen molar-refractivity contribution in [3.8, 4) is 0 Å². The third kappa shape index (κ3) is 4.22. The van der Waals surface area contributed by atoms with E-state index in [1.54, 1.807) is 11.3 Å². The molecule has 0 aliphatic rings. The summed E-state index contributed by atoms with van der Waals surface area (Å²) in [6, 6.07) is 8.26. The van der Waals surface area contributed by atoms with Crippen LogP contribution in [0.5, 0.6) is 0 Å². The van der Waals surface area contributed by atoms with Gasteiger partial charge in [-0.3, -0.25) is 0 Å². The Balaban J connectivity index is 2.17. The molecular formula is C15H18BrClN2S. The predicted octanol–water partition coefficient (Wildman–Crippen LogP) is 4.91. The molecule has 0 radical (unpaired) electrons. The number of halogens is 2. The highest BCUT2D eigenvalue weighted by Gasteiger charge is 2.09. The van der Waals surface area contributed by atoms with Crippen molar-refractivity contribution in [3.63, 3.8) is 0 Å². The van der Waals surface area contributed by atoms with Crippen LogP contribution in [0.3, 0.4) is 0 Å². The van der Waals surface area contributed by atoms with Crippen LogP contribution in [-0.2, 0) is 13.1 Å². The maximum Gasteiger partial charge on any atom is 0.0520 e. The van der Waals surface area contributed by atoms with Gasteiger partial charge in [0.1, 0.15) is 0 Å². The molecule has 2 nitrogen and oxygen atoms in total. The lowest BCUT2D eigenvalue weighted by Gasteiger charge is -2.22. The lowest BCUT2D eigenvalue weighted by atomic mass is 10.1. The van der Waals surface area contributed by atoms with Crippen LogP contribution < -0.4 is 10.2 Å². The van der Waals surface area contributed by atoms with Gasteiger partial charge >= 0.3 is 0 Å². The van der Waals surface area contributed by atoms with Gasteiger partial charge in [-0.2, -0.15) is 0 Å². The zero-order chi connectivity index (χ0) is 14.5. The fraction of sp³-hybridized carbons (Fsp3) is 0.333. The first-order chi connectivity index (χ1) is 9.60. The molecule has 1 heterocycles. The highest BCUT2D eigenvalue weighted by atomic mass is 79.9. The van der Waals surface area contributed by atoms with Crippen molar-refractivity contribution in [1.29, 1.82) is 0 Å². The first-order valence-corrected chi connectivity index (χ1v) is 8.58. The van der Waals surface area contributed by atoms with Gasteiger partial charge in [-0.25, -0.2) is 0 Å². The van der Waals surface area contributed by atoms with Crippen LogP contribution in [0, 0.1) is 0 Å². The van der Waals surface area contributed by atoms with Crippen LogP contribution in [0.4, 0.5) is 5.69 Å². The molecule has 0 saturated heterocycles. The minimum Gasteiger partial charge on any atom is -0.369 e. The zero-order valence-electron chi connectivity index (χ0n) is 11.6. The standard InChI is InChI=1S/C15H18BrClN2S/c1-3-18-8-11-6-13(17)4-5-15(11)19(2)9-14-7-12(16)10-20-14/h4-7,10,18H,3,8-9H2,1-2H3. The summed E-state index contributed by atoms with van der Waals surface area (Å²) in [5.41, 5.74) is 2.46. The Morgan fingerprint density at radius 1 is 1.35 bits per heavy atom. The van der Waals surface area contributed by atoms with E-state index < -0.39 is 0 Å². The van der Waals surface area contributed by atoms with Gasteiger partial charge in [-0.05, 0) is 52.3 Å². The van der Waals surface area contributed by atoms with Crippen LogP contribution in [0.15, 0.2) is 34.1 Å². The summed E-state index contributed by atoms with van der Waals surface area (Å²) in [6.45, 7) is 4.80. The van der Waals surface area contributed by atoms with Gasteiger partial charge in [0.2, 0.25) is 0 Å². The Labute approximate surface area is 137 Å². The molecular weight excluding hydrogens is 356 g/mol. The lowest BCUT2D eigenvalue weighted by Crippen LogP contribution is -2.20. The summed E-state index contributed by atoms with van der Waals surface area (Å²) in [6.07, 6.45) is 0. The Kier molecular flexibility index (Phi) is 5.90. The van der Waals surface area contributed by atoms with Crippen molar-refractivity contribution in [2.75, 3.05) is 18.5 Å². The molecule has 2 rings (SSSR count). The van der Waals surface area contributed by atoms with Crippen molar-refractivity contribution >= 4 is 44.6 Å². The molecule has 1 aromatic heterocycles. The van der Waals surface area contributed by atoms with Crippen molar-refractivity contribution in [2.45, 2.75) is 20.0 Å². The normalized spacial score (nSPS) is 10.8. The van der Waals surface area contributed by atoms with Crippen molar-refractivity contribution < 1.29 is 0 Å². The number of nitrogens with one attached hydrogen (secondary N) is 1. The molecule has 0 fully saturated rings. The second kappa shape index (κ2) is 7.46. The van der Waals surface area contributed by atoms with Crippen LogP contribution in [0.2, 0.25) is 5.02 Å². The number of rotatable bonds is 6. The van der Waals surface area contributed by atoms with Crippen molar-refractivity contribution in [2.24, 2.45) is 0 Å². The van der Waals surface area contributed by atoms with E-state index in [1.807, 2.05) is 12.1 Å². The summed E-state index contributed by atoms with van der Waals surface area (Å²) in [4.78, 5) is 3.60. The second-order valence-corrected chi connectivity index (χ2v) is 6.99. The van der Waals surface area contributed by atoms with E-state index in [9.17, 15) is 0 Å². The predicted molar refractivity (Wildman–Crippen MR) is 93.0 cm³/mol. The summed E-state index contributed by atoms with van der Waals surface area (Å²) in [7, 11) is 2.12. The molecule has 0 aliphatic carbocycles. The number of anilines is 1. The summed E-state index contributed by atoms with van der Waals surface area (Å²) < 4.78 is 1.15. The quantitative estimate of drug-likeness (QED) is 0.774. The van der Waals surface area contributed by atoms with E-state index in [0.29, 0.717) is 0 Å². The smallest absolute Gasteiger partial charge is 0.0520 e. The summed E-state index contributed by atoms with van der Waals surface area (Å²) >= 11 is 11.4. The molecule has 108 valence electrons. The van der Waals surface area contributed by atoms with E-state index in [4.69, 9.17) is 11.6 Å². The third-order valence-corrected chi connectivity index (χ3v) is 4.95. The third-order valence-electron chi connectivity index (χ3n) is 3.03. The van der Waals surface area contributed by atoms with Crippen LogP contribution in [0.25, 0.3) is 0 Å². The summed E-state index contributed by atoms with van der Waals surface area (Å²) in [5, 5.41) is 6.27. The van der Waals surface area contributed by atoms with Gasteiger partial charge in [-0.1, -0.05) is 18.5 Å². The topological polar surface area (TPSA) is 15.3 Å². The molecule has 0 bridgehead atoms. The molecule has 0 unspecified atom stereocenters. The fourth-order valence-corrected chi connectivity index (χ4v) is 3.78. The van der Waals surface area contributed by atoms with Crippen LogP contribution in [-0.4, -0.2) is 13.6 Å². The van der Waals surface area contributed by atoms with Crippen LogP contribution in [0.1, 0.15) is 17.4 Å². The molecule has 2 aromatic rings. The SMILES string of the molecule is CCNCc1cc(Cl)ccc1N(C)Cc1cc(Br)cs1. The van der Waals surface area contributed by atoms with Gasteiger partial charge in [0.05, 0.1) is 6.54 Å². The van der Waals surface area contributed by atoms with Gasteiger partial charge in [0.15, 0.2) is 0 Å². The fourth-order valence-electron chi connectivity index (χ4n) is 2.08. The minimum atomic E-state index is 0.786. The Hall–Kier alpha value is -0.550. The minimum absolute atomic E-state index is 0.786. The number of hydrogen-bond acceptors (Lipinski definition) is 3. The molecule has 1 aromatic carbocycles. The van der Waals surface area contributed by atoms with Gasteiger partial charge in [-0.15, -0.1) is 11.3 Å². The number of thiophene rings is 1. The highest BCUT2D eigenvalue weighted by Crippen LogP contribution is 2.27.